The van der Waals surface area contributed by atoms with Gasteiger partial charge < -0.3 is 4.74 Å². The smallest absolute Gasteiger partial charge is 0.302 e. The number of fused-ring (bicyclic) bond motifs is 5. The lowest BCUT2D eigenvalue weighted by atomic mass is 9.48. The molecule has 0 aliphatic heterocycles. The van der Waals surface area contributed by atoms with E-state index in [1.54, 1.807) is 12.5 Å². The molecular formula is C21H32O2. The van der Waals surface area contributed by atoms with Crippen LogP contribution in [0, 0.1) is 28.6 Å². The molecule has 0 heterocycles. The minimum Gasteiger partial charge on any atom is -0.462 e. The molecule has 128 valence electrons. The second-order valence-electron chi connectivity index (χ2n) is 9.19. The van der Waals surface area contributed by atoms with Crippen molar-refractivity contribution >= 4 is 5.97 Å². The average molecular weight is 316 g/mol. The van der Waals surface area contributed by atoms with E-state index < -0.39 is 0 Å². The number of esters is 1. The summed E-state index contributed by atoms with van der Waals surface area (Å²) >= 11 is 0. The Morgan fingerprint density at radius 3 is 2.74 bits per heavy atom. The van der Waals surface area contributed by atoms with E-state index >= 15 is 0 Å². The summed E-state index contributed by atoms with van der Waals surface area (Å²) in [4.78, 5) is 11.5. The predicted molar refractivity (Wildman–Crippen MR) is 91.9 cm³/mol. The van der Waals surface area contributed by atoms with Gasteiger partial charge in [-0.25, -0.2) is 0 Å². The first kappa shape index (κ1) is 15.7. The molecule has 0 bridgehead atoms. The lowest BCUT2D eigenvalue weighted by Crippen LogP contribution is -2.50. The number of allylic oxidation sites excluding steroid dienone is 2. The van der Waals surface area contributed by atoms with E-state index in [1.807, 2.05) is 0 Å². The van der Waals surface area contributed by atoms with Crippen molar-refractivity contribution in [2.45, 2.75) is 84.7 Å². The molecule has 0 aromatic rings. The average Bonchev–Trinajstić information content (AvgIpc) is 2.83. The Morgan fingerprint density at radius 2 is 1.96 bits per heavy atom. The summed E-state index contributed by atoms with van der Waals surface area (Å²) in [6.45, 7) is 6.55. The number of carbonyl (C=O) groups is 1. The summed E-state index contributed by atoms with van der Waals surface area (Å²) in [6.07, 6.45) is 14.5. The molecule has 0 aromatic carbocycles. The van der Waals surface area contributed by atoms with Gasteiger partial charge in [0, 0.05) is 12.3 Å². The van der Waals surface area contributed by atoms with E-state index in [1.165, 1.54) is 51.4 Å². The molecule has 4 aliphatic carbocycles. The fourth-order valence-electron chi connectivity index (χ4n) is 7.04. The summed E-state index contributed by atoms with van der Waals surface area (Å²) in [6, 6.07) is 0. The van der Waals surface area contributed by atoms with Crippen LogP contribution in [-0.4, -0.2) is 12.1 Å². The predicted octanol–water partition coefficient (Wildman–Crippen LogP) is 5.27. The Balaban J connectivity index is 1.62. The van der Waals surface area contributed by atoms with Crippen LogP contribution in [-0.2, 0) is 9.53 Å². The Bertz CT molecular complexity index is 536. The summed E-state index contributed by atoms with van der Waals surface area (Å²) in [7, 11) is 0. The molecular weight excluding hydrogens is 284 g/mol. The Labute approximate surface area is 141 Å². The molecule has 0 N–H and O–H groups in total. The first-order chi connectivity index (χ1) is 10.9. The van der Waals surface area contributed by atoms with Crippen LogP contribution < -0.4 is 0 Å². The Morgan fingerprint density at radius 1 is 1.13 bits per heavy atom. The first-order valence-corrected chi connectivity index (χ1v) is 9.82. The van der Waals surface area contributed by atoms with Crippen molar-refractivity contribution in [1.29, 1.82) is 0 Å². The first-order valence-electron chi connectivity index (χ1n) is 9.82. The quantitative estimate of drug-likeness (QED) is 0.486. The highest BCUT2D eigenvalue weighted by Crippen LogP contribution is 2.65. The van der Waals surface area contributed by atoms with Gasteiger partial charge in [-0.1, -0.05) is 31.9 Å². The molecule has 2 heteroatoms. The zero-order valence-corrected chi connectivity index (χ0v) is 15.1. The number of carbonyl (C=O) groups excluding carboxylic acids is 1. The molecule has 2 nitrogen and oxygen atoms in total. The third kappa shape index (κ3) is 2.23. The van der Waals surface area contributed by atoms with Gasteiger partial charge in [0.1, 0.15) is 6.10 Å². The van der Waals surface area contributed by atoms with Crippen molar-refractivity contribution in [1.82, 2.24) is 0 Å². The van der Waals surface area contributed by atoms with Crippen LogP contribution >= 0.6 is 0 Å². The largest absolute Gasteiger partial charge is 0.462 e. The molecule has 0 saturated heterocycles. The van der Waals surface area contributed by atoms with Gasteiger partial charge >= 0.3 is 5.97 Å². The van der Waals surface area contributed by atoms with Gasteiger partial charge in [-0.15, -0.1) is 0 Å². The normalized spacial score (nSPS) is 48.7. The maximum absolute atomic E-state index is 11.5. The zero-order chi connectivity index (χ0) is 16.2. The van der Waals surface area contributed by atoms with E-state index in [0.717, 1.165) is 24.2 Å². The highest BCUT2D eigenvalue weighted by atomic mass is 16.5. The van der Waals surface area contributed by atoms with Crippen LogP contribution in [0.15, 0.2) is 11.6 Å². The van der Waals surface area contributed by atoms with Crippen molar-refractivity contribution in [2.24, 2.45) is 28.6 Å². The van der Waals surface area contributed by atoms with Crippen LogP contribution in [0.5, 0.6) is 0 Å². The fraction of sp³-hybridized carbons (Fsp3) is 0.857. The summed E-state index contributed by atoms with van der Waals surface area (Å²) < 4.78 is 5.74. The van der Waals surface area contributed by atoms with Gasteiger partial charge in [-0.3, -0.25) is 4.79 Å². The standard InChI is InChI=1S/C21H32O2/c1-14(22)23-19-10-9-17-16-8-7-15-6-4-5-12-20(15,2)18(16)11-13-21(17,19)3/h7,16-19H,4-6,8-13H2,1-3H3/t16-,17-,18-,19-,20+,21+/m1/s1. The molecule has 4 rings (SSSR count). The maximum atomic E-state index is 11.5. The van der Waals surface area contributed by atoms with E-state index in [0.29, 0.717) is 5.41 Å². The van der Waals surface area contributed by atoms with Gasteiger partial charge in [0.05, 0.1) is 0 Å². The van der Waals surface area contributed by atoms with E-state index in [-0.39, 0.29) is 17.5 Å². The molecule has 3 fully saturated rings. The second kappa shape index (κ2) is 5.36. The van der Waals surface area contributed by atoms with Crippen LogP contribution in [0.25, 0.3) is 0 Å². The number of ether oxygens (including phenoxy) is 1. The third-order valence-corrected chi connectivity index (χ3v) is 8.24. The minimum atomic E-state index is -0.0935. The monoisotopic (exact) mass is 316 g/mol. The molecule has 4 aliphatic rings. The molecule has 0 radical (unpaired) electrons. The third-order valence-electron chi connectivity index (χ3n) is 8.24. The molecule has 0 spiro atoms. The van der Waals surface area contributed by atoms with Gasteiger partial charge in [0.25, 0.3) is 0 Å². The maximum Gasteiger partial charge on any atom is 0.302 e. The van der Waals surface area contributed by atoms with Gasteiger partial charge in [-0.05, 0) is 74.5 Å². The lowest BCUT2D eigenvalue weighted by Gasteiger charge is -2.57. The van der Waals surface area contributed by atoms with Crippen LogP contribution in [0.1, 0.15) is 78.6 Å². The van der Waals surface area contributed by atoms with Crippen molar-refractivity contribution < 1.29 is 9.53 Å². The molecule has 23 heavy (non-hydrogen) atoms. The molecule has 3 saturated carbocycles. The second-order valence-corrected chi connectivity index (χ2v) is 9.19. The Hall–Kier alpha value is -0.790. The summed E-state index contributed by atoms with van der Waals surface area (Å²) in [5.74, 6) is 2.35. The molecule has 6 atom stereocenters. The van der Waals surface area contributed by atoms with Crippen molar-refractivity contribution in [2.75, 3.05) is 0 Å². The fourth-order valence-corrected chi connectivity index (χ4v) is 7.04. The zero-order valence-electron chi connectivity index (χ0n) is 15.1. The molecule has 0 unspecified atom stereocenters. The minimum absolute atomic E-state index is 0.0935. The molecule has 0 aromatic heterocycles. The van der Waals surface area contributed by atoms with E-state index in [2.05, 4.69) is 19.9 Å². The highest BCUT2D eigenvalue weighted by molar-refractivity contribution is 5.66. The topological polar surface area (TPSA) is 26.3 Å². The van der Waals surface area contributed by atoms with E-state index in [9.17, 15) is 4.79 Å². The van der Waals surface area contributed by atoms with Gasteiger partial charge in [-0.2, -0.15) is 0 Å². The van der Waals surface area contributed by atoms with Gasteiger partial charge in [0.15, 0.2) is 0 Å². The number of hydrogen-bond acceptors (Lipinski definition) is 2. The lowest BCUT2D eigenvalue weighted by molar-refractivity contribution is -0.156. The van der Waals surface area contributed by atoms with Crippen molar-refractivity contribution in [3.63, 3.8) is 0 Å². The van der Waals surface area contributed by atoms with Crippen molar-refractivity contribution in [3.8, 4) is 0 Å². The number of hydrogen-bond donors (Lipinski definition) is 0. The summed E-state index contributed by atoms with van der Waals surface area (Å²) in [5, 5.41) is 0. The van der Waals surface area contributed by atoms with E-state index in [4.69, 9.17) is 4.74 Å². The van der Waals surface area contributed by atoms with Crippen LogP contribution in [0.3, 0.4) is 0 Å². The van der Waals surface area contributed by atoms with Crippen molar-refractivity contribution in [3.05, 3.63) is 11.6 Å². The SMILES string of the molecule is CC(=O)O[C@@H]1CC[C@@H]2[C@H]3CC=C4CCCC[C@]4(C)[C@@H]3CC[C@@]21C. The van der Waals surface area contributed by atoms with Crippen LogP contribution in [0.4, 0.5) is 0 Å². The molecule has 0 amide bonds. The Kier molecular flexibility index (Phi) is 3.66. The number of rotatable bonds is 1. The van der Waals surface area contributed by atoms with Crippen LogP contribution in [0.2, 0.25) is 0 Å². The summed E-state index contributed by atoms with van der Waals surface area (Å²) in [5.41, 5.74) is 2.48. The highest BCUT2D eigenvalue weighted by Gasteiger charge is 2.59. The van der Waals surface area contributed by atoms with Gasteiger partial charge in [0.2, 0.25) is 0 Å².